The number of halogens is 1. The van der Waals surface area contributed by atoms with Crippen LogP contribution in [0.15, 0.2) is 30.5 Å². The Hall–Kier alpha value is -1.58. The van der Waals surface area contributed by atoms with E-state index in [2.05, 4.69) is 10.3 Å². The first kappa shape index (κ1) is 13.8. The molecule has 100 valence electrons. The number of nitrogens with one attached hydrogen (secondary N) is 1. The van der Waals surface area contributed by atoms with Crippen molar-refractivity contribution < 1.29 is 4.74 Å². The largest absolute Gasteiger partial charge is 0.439 e. The molecule has 1 aromatic heterocycles. The molecule has 0 aliphatic rings. The fourth-order valence-electron chi connectivity index (χ4n) is 1.91. The van der Waals surface area contributed by atoms with E-state index in [0.29, 0.717) is 5.88 Å². The second-order valence-corrected chi connectivity index (χ2v) is 4.88. The second-order valence-electron chi connectivity index (χ2n) is 4.51. The molecule has 0 aliphatic heterocycles. The van der Waals surface area contributed by atoms with E-state index < -0.39 is 0 Å². The van der Waals surface area contributed by atoms with Gasteiger partial charge in [-0.3, -0.25) is 0 Å². The van der Waals surface area contributed by atoms with Gasteiger partial charge in [0.05, 0.1) is 0 Å². The lowest BCUT2D eigenvalue weighted by molar-refractivity contribution is 0.461. The summed E-state index contributed by atoms with van der Waals surface area (Å²) >= 11 is 6.14. The number of ether oxygens (including phenoxy) is 1. The van der Waals surface area contributed by atoms with Crippen LogP contribution in [0.1, 0.15) is 16.7 Å². The van der Waals surface area contributed by atoms with Crippen LogP contribution in [0.4, 0.5) is 0 Å². The highest BCUT2D eigenvalue weighted by Gasteiger charge is 2.05. The number of pyridine rings is 1. The molecule has 0 aliphatic carbocycles. The minimum atomic E-state index is 0.592. The Morgan fingerprint density at radius 2 is 1.89 bits per heavy atom. The van der Waals surface area contributed by atoms with Gasteiger partial charge >= 0.3 is 0 Å². The molecule has 0 radical (unpaired) electrons. The SMILES string of the molecule is CNCc1ccnc(Oc2cc(C)c(Cl)c(C)c2)c1. The van der Waals surface area contributed by atoms with Crippen molar-refractivity contribution in [3.05, 3.63) is 52.2 Å². The van der Waals surface area contributed by atoms with E-state index in [0.717, 1.165) is 34.0 Å². The highest BCUT2D eigenvalue weighted by atomic mass is 35.5. The number of aromatic nitrogens is 1. The van der Waals surface area contributed by atoms with E-state index >= 15 is 0 Å². The number of aryl methyl sites for hydroxylation is 2. The Labute approximate surface area is 118 Å². The van der Waals surface area contributed by atoms with Crippen molar-refractivity contribution in [2.24, 2.45) is 0 Å². The molecule has 0 saturated carbocycles. The zero-order chi connectivity index (χ0) is 13.8. The van der Waals surface area contributed by atoms with Gasteiger partial charge in [0.25, 0.3) is 0 Å². The molecule has 1 N–H and O–H groups in total. The van der Waals surface area contributed by atoms with Gasteiger partial charge in [0.15, 0.2) is 0 Å². The molecule has 0 fully saturated rings. The van der Waals surface area contributed by atoms with Crippen molar-refractivity contribution in [2.45, 2.75) is 20.4 Å². The molecule has 4 heteroatoms. The fourth-order valence-corrected chi connectivity index (χ4v) is 2.02. The first-order chi connectivity index (χ1) is 9.10. The molecule has 19 heavy (non-hydrogen) atoms. The lowest BCUT2D eigenvalue weighted by atomic mass is 10.1. The maximum atomic E-state index is 6.14. The lowest BCUT2D eigenvalue weighted by Crippen LogP contribution is -2.05. The van der Waals surface area contributed by atoms with E-state index in [1.54, 1.807) is 6.20 Å². The molecule has 0 amide bonds. The molecule has 1 aromatic carbocycles. The van der Waals surface area contributed by atoms with Crippen molar-refractivity contribution in [3.63, 3.8) is 0 Å². The number of benzene rings is 1. The Kier molecular flexibility index (Phi) is 4.40. The smallest absolute Gasteiger partial charge is 0.219 e. The van der Waals surface area contributed by atoms with Crippen molar-refractivity contribution in [1.29, 1.82) is 0 Å². The van der Waals surface area contributed by atoms with Crippen LogP contribution in [0.5, 0.6) is 11.6 Å². The van der Waals surface area contributed by atoms with Crippen LogP contribution in [-0.2, 0) is 6.54 Å². The van der Waals surface area contributed by atoms with Gasteiger partial charge in [-0.05, 0) is 55.8 Å². The number of hydrogen-bond donors (Lipinski definition) is 1. The number of hydrogen-bond acceptors (Lipinski definition) is 3. The van der Waals surface area contributed by atoms with Gasteiger partial charge < -0.3 is 10.1 Å². The topological polar surface area (TPSA) is 34.2 Å². The zero-order valence-corrected chi connectivity index (χ0v) is 12.1. The van der Waals surface area contributed by atoms with E-state index in [4.69, 9.17) is 16.3 Å². The average Bonchev–Trinajstić information content (AvgIpc) is 2.37. The minimum Gasteiger partial charge on any atom is -0.439 e. The third-order valence-electron chi connectivity index (χ3n) is 2.81. The highest BCUT2D eigenvalue weighted by Crippen LogP contribution is 2.28. The Morgan fingerprint density at radius 3 is 2.53 bits per heavy atom. The van der Waals surface area contributed by atoms with Crippen LogP contribution in [0, 0.1) is 13.8 Å². The van der Waals surface area contributed by atoms with Crippen LogP contribution in [0.25, 0.3) is 0 Å². The lowest BCUT2D eigenvalue weighted by Gasteiger charge is -2.09. The van der Waals surface area contributed by atoms with Crippen molar-refractivity contribution in [3.8, 4) is 11.6 Å². The van der Waals surface area contributed by atoms with Crippen molar-refractivity contribution in [2.75, 3.05) is 7.05 Å². The Morgan fingerprint density at radius 1 is 1.21 bits per heavy atom. The fraction of sp³-hybridized carbons (Fsp3) is 0.267. The summed E-state index contributed by atoms with van der Waals surface area (Å²) in [5.41, 5.74) is 3.14. The maximum absolute atomic E-state index is 6.14. The quantitative estimate of drug-likeness (QED) is 0.921. The second kappa shape index (κ2) is 6.04. The van der Waals surface area contributed by atoms with Crippen molar-refractivity contribution in [1.82, 2.24) is 10.3 Å². The molecule has 2 rings (SSSR count). The van der Waals surface area contributed by atoms with Gasteiger partial charge in [-0.2, -0.15) is 0 Å². The standard InChI is InChI=1S/C15H17ClN2O/c1-10-6-13(7-11(2)15(10)16)19-14-8-12(9-17-3)4-5-18-14/h4-8,17H,9H2,1-3H3. The summed E-state index contributed by atoms with van der Waals surface area (Å²) in [6, 6.07) is 7.72. The predicted octanol–water partition coefficient (Wildman–Crippen LogP) is 3.86. The van der Waals surface area contributed by atoms with Gasteiger partial charge in [0.1, 0.15) is 5.75 Å². The normalized spacial score (nSPS) is 10.5. The first-order valence-electron chi connectivity index (χ1n) is 6.14. The van der Waals surface area contributed by atoms with Crippen LogP contribution in [-0.4, -0.2) is 12.0 Å². The maximum Gasteiger partial charge on any atom is 0.219 e. The van der Waals surface area contributed by atoms with Gasteiger partial charge in [-0.15, -0.1) is 0 Å². The predicted molar refractivity (Wildman–Crippen MR) is 78.0 cm³/mol. The van der Waals surface area contributed by atoms with E-state index in [9.17, 15) is 0 Å². The minimum absolute atomic E-state index is 0.592. The van der Waals surface area contributed by atoms with Crippen LogP contribution in [0.3, 0.4) is 0 Å². The first-order valence-corrected chi connectivity index (χ1v) is 6.52. The van der Waals surface area contributed by atoms with E-state index in [-0.39, 0.29) is 0 Å². The highest BCUT2D eigenvalue weighted by molar-refractivity contribution is 6.32. The molecule has 1 heterocycles. The molecule has 2 aromatic rings. The molecular weight excluding hydrogens is 260 g/mol. The Bertz CT molecular complexity index is 561. The van der Waals surface area contributed by atoms with Gasteiger partial charge in [0, 0.05) is 23.8 Å². The van der Waals surface area contributed by atoms with E-state index in [1.165, 1.54) is 0 Å². The molecule has 0 atom stereocenters. The summed E-state index contributed by atoms with van der Waals surface area (Å²) in [5.74, 6) is 1.35. The molecule has 0 bridgehead atoms. The Balaban J connectivity index is 2.23. The number of nitrogens with zero attached hydrogens (tertiary/aromatic N) is 1. The molecule has 3 nitrogen and oxygen atoms in total. The van der Waals surface area contributed by atoms with E-state index in [1.807, 2.05) is 45.2 Å². The average molecular weight is 277 g/mol. The monoisotopic (exact) mass is 276 g/mol. The summed E-state index contributed by atoms with van der Waals surface area (Å²) in [5, 5.41) is 3.88. The van der Waals surface area contributed by atoms with Gasteiger partial charge in [0.2, 0.25) is 5.88 Å². The molecule has 0 spiro atoms. The van der Waals surface area contributed by atoms with Crippen LogP contribution >= 0.6 is 11.6 Å². The van der Waals surface area contributed by atoms with Crippen molar-refractivity contribution >= 4 is 11.6 Å². The summed E-state index contributed by atoms with van der Waals surface area (Å²) in [6.07, 6.45) is 1.75. The summed E-state index contributed by atoms with van der Waals surface area (Å²) in [6.45, 7) is 4.72. The third-order valence-corrected chi connectivity index (χ3v) is 3.41. The molecular formula is C15H17ClN2O. The zero-order valence-electron chi connectivity index (χ0n) is 11.3. The van der Waals surface area contributed by atoms with Gasteiger partial charge in [-0.1, -0.05) is 11.6 Å². The van der Waals surface area contributed by atoms with Crippen LogP contribution in [0.2, 0.25) is 5.02 Å². The number of rotatable bonds is 4. The van der Waals surface area contributed by atoms with Crippen LogP contribution < -0.4 is 10.1 Å². The molecule has 0 unspecified atom stereocenters. The summed E-state index contributed by atoms with van der Waals surface area (Å²) < 4.78 is 5.78. The van der Waals surface area contributed by atoms with Gasteiger partial charge in [-0.25, -0.2) is 4.98 Å². The molecule has 0 saturated heterocycles. The summed E-state index contributed by atoms with van der Waals surface area (Å²) in [7, 11) is 1.91. The third kappa shape index (κ3) is 3.46. The summed E-state index contributed by atoms with van der Waals surface area (Å²) in [4.78, 5) is 4.22.